The molecule has 0 spiro atoms. The van der Waals surface area contributed by atoms with Crippen LogP contribution >= 0.6 is 0 Å². The van der Waals surface area contributed by atoms with Crippen molar-refractivity contribution in [1.82, 2.24) is 4.90 Å². The summed E-state index contributed by atoms with van der Waals surface area (Å²) >= 11 is 0. The molecular formula is C24H31N3O4. The van der Waals surface area contributed by atoms with Gasteiger partial charge >= 0.3 is 0 Å². The highest BCUT2D eigenvalue weighted by atomic mass is 16.5. The van der Waals surface area contributed by atoms with Crippen molar-refractivity contribution in [2.75, 3.05) is 44.5 Å². The third kappa shape index (κ3) is 7.61. The van der Waals surface area contributed by atoms with Crippen LogP contribution in [-0.4, -0.2) is 56.7 Å². The van der Waals surface area contributed by atoms with Crippen LogP contribution in [0.3, 0.4) is 0 Å². The van der Waals surface area contributed by atoms with E-state index in [2.05, 4.69) is 10.6 Å². The molecule has 0 bridgehead atoms. The quantitative estimate of drug-likeness (QED) is 0.611. The van der Waals surface area contributed by atoms with Gasteiger partial charge in [0.2, 0.25) is 11.8 Å². The molecule has 2 amide bonds. The lowest BCUT2D eigenvalue weighted by atomic mass is 10.1. The van der Waals surface area contributed by atoms with E-state index in [1.54, 1.807) is 19.0 Å². The molecule has 1 heterocycles. The molecule has 0 radical (unpaired) electrons. The summed E-state index contributed by atoms with van der Waals surface area (Å²) < 4.78 is 11.3. The van der Waals surface area contributed by atoms with Crippen molar-refractivity contribution >= 4 is 23.2 Å². The molecule has 1 saturated heterocycles. The molecular weight excluding hydrogens is 394 g/mol. The first-order valence-corrected chi connectivity index (χ1v) is 10.7. The van der Waals surface area contributed by atoms with Gasteiger partial charge in [-0.3, -0.25) is 9.59 Å². The number of carbonyl (C=O) groups is 2. The van der Waals surface area contributed by atoms with E-state index in [1.807, 2.05) is 48.5 Å². The maximum absolute atomic E-state index is 12.3. The molecule has 166 valence electrons. The fourth-order valence-corrected chi connectivity index (χ4v) is 3.30. The Hall–Kier alpha value is -3.06. The van der Waals surface area contributed by atoms with Crippen LogP contribution in [-0.2, 0) is 20.7 Å². The summed E-state index contributed by atoms with van der Waals surface area (Å²) in [6.07, 6.45) is 3.44. The van der Waals surface area contributed by atoms with E-state index < -0.39 is 0 Å². The topological polar surface area (TPSA) is 79.9 Å². The van der Waals surface area contributed by atoms with E-state index in [0.717, 1.165) is 36.4 Å². The number of hydrogen-bond donors (Lipinski definition) is 2. The van der Waals surface area contributed by atoms with Crippen molar-refractivity contribution in [2.45, 2.75) is 31.8 Å². The zero-order valence-electron chi connectivity index (χ0n) is 18.2. The first-order chi connectivity index (χ1) is 15.0. The van der Waals surface area contributed by atoms with Gasteiger partial charge in [-0.2, -0.15) is 0 Å². The average molecular weight is 426 g/mol. The predicted octanol–water partition coefficient (Wildman–Crippen LogP) is 3.32. The number of carbonyl (C=O) groups excluding carboxylic acids is 2. The Kier molecular flexibility index (Phi) is 8.29. The Balaban J connectivity index is 1.41. The van der Waals surface area contributed by atoms with E-state index >= 15 is 0 Å². The summed E-state index contributed by atoms with van der Waals surface area (Å²) in [5.74, 6) is 0.721. The monoisotopic (exact) mass is 425 g/mol. The number of rotatable bonds is 10. The first kappa shape index (κ1) is 22.6. The molecule has 0 saturated carbocycles. The van der Waals surface area contributed by atoms with Gasteiger partial charge in [-0.15, -0.1) is 0 Å². The van der Waals surface area contributed by atoms with Gasteiger partial charge in [0.1, 0.15) is 12.4 Å². The lowest BCUT2D eigenvalue weighted by molar-refractivity contribution is -0.128. The molecule has 1 aliphatic heterocycles. The Bertz CT molecular complexity index is 861. The number of ether oxygens (including phenoxy) is 2. The summed E-state index contributed by atoms with van der Waals surface area (Å²) in [5.41, 5.74) is 2.62. The zero-order chi connectivity index (χ0) is 22.1. The molecule has 0 aliphatic carbocycles. The minimum absolute atomic E-state index is 0.0982. The van der Waals surface area contributed by atoms with Crippen LogP contribution in [0.25, 0.3) is 0 Å². The van der Waals surface area contributed by atoms with E-state index in [4.69, 9.17) is 9.47 Å². The summed E-state index contributed by atoms with van der Waals surface area (Å²) in [4.78, 5) is 25.6. The lowest BCUT2D eigenvalue weighted by Gasteiger charge is -2.12. The number of anilines is 2. The van der Waals surface area contributed by atoms with Gasteiger partial charge in [0.05, 0.1) is 12.6 Å². The maximum Gasteiger partial charge on any atom is 0.243 e. The van der Waals surface area contributed by atoms with Crippen LogP contribution in [0.4, 0.5) is 11.4 Å². The highest BCUT2D eigenvalue weighted by Crippen LogP contribution is 2.18. The summed E-state index contributed by atoms with van der Waals surface area (Å²) in [7, 11) is 3.51. The largest absolute Gasteiger partial charge is 0.491 e. The van der Waals surface area contributed by atoms with Crippen molar-refractivity contribution in [1.29, 1.82) is 0 Å². The average Bonchev–Trinajstić information content (AvgIpc) is 3.29. The van der Waals surface area contributed by atoms with Gasteiger partial charge in [-0.05, 0) is 61.2 Å². The smallest absolute Gasteiger partial charge is 0.243 e. The van der Waals surface area contributed by atoms with Crippen molar-refractivity contribution in [3.63, 3.8) is 0 Å². The van der Waals surface area contributed by atoms with Gasteiger partial charge in [0, 0.05) is 38.5 Å². The van der Waals surface area contributed by atoms with Crippen LogP contribution in [0.15, 0.2) is 48.5 Å². The van der Waals surface area contributed by atoms with Crippen LogP contribution < -0.4 is 15.4 Å². The van der Waals surface area contributed by atoms with Crippen molar-refractivity contribution < 1.29 is 19.1 Å². The minimum atomic E-state index is -0.138. The van der Waals surface area contributed by atoms with E-state index in [0.29, 0.717) is 25.1 Å². The molecule has 2 aromatic rings. The van der Waals surface area contributed by atoms with Crippen molar-refractivity contribution in [3.05, 3.63) is 54.1 Å². The summed E-state index contributed by atoms with van der Waals surface area (Å²) in [6.45, 7) is 1.52. The zero-order valence-corrected chi connectivity index (χ0v) is 18.2. The third-order valence-corrected chi connectivity index (χ3v) is 5.10. The molecule has 3 rings (SSSR count). The first-order valence-electron chi connectivity index (χ1n) is 10.7. The number of aryl methyl sites for hydroxylation is 1. The van der Waals surface area contributed by atoms with Crippen LogP contribution in [0.5, 0.6) is 5.75 Å². The molecule has 1 unspecified atom stereocenters. The predicted molar refractivity (Wildman–Crippen MR) is 121 cm³/mol. The number of hydrogen-bond acceptors (Lipinski definition) is 5. The van der Waals surface area contributed by atoms with Gasteiger partial charge in [-0.1, -0.05) is 12.1 Å². The van der Waals surface area contributed by atoms with Crippen LogP contribution in [0.2, 0.25) is 0 Å². The Morgan fingerprint density at radius 2 is 1.94 bits per heavy atom. The van der Waals surface area contributed by atoms with Gasteiger partial charge in [0.25, 0.3) is 0 Å². The molecule has 1 aliphatic rings. The van der Waals surface area contributed by atoms with Gasteiger partial charge in [-0.25, -0.2) is 0 Å². The van der Waals surface area contributed by atoms with Crippen LogP contribution in [0.1, 0.15) is 24.8 Å². The van der Waals surface area contributed by atoms with E-state index in [-0.39, 0.29) is 24.5 Å². The fraction of sp³-hybridized carbons (Fsp3) is 0.417. The lowest BCUT2D eigenvalue weighted by Crippen LogP contribution is -2.22. The molecule has 7 nitrogen and oxygen atoms in total. The molecule has 2 N–H and O–H groups in total. The second-order valence-electron chi connectivity index (χ2n) is 7.86. The number of benzene rings is 2. The fourth-order valence-electron chi connectivity index (χ4n) is 3.30. The van der Waals surface area contributed by atoms with E-state index in [9.17, 15) is 9.59 Å². The molecule has 31 heavy (non-hydrogen) atoms. The molecule has 0 aromatic heterocycles. The maximum atomic E-state index is 12.3. The Morgan fingerprint density at radius 3 is 2.65 bits per heavy atom. The summed E-state index contributed by atoms with van der Waals surface area (Å²) in [5, 5.41) is 6.00. The third-order valence-electron chi connectivity index (χ3n) is 5.10. The molecule has 1 fully saturated rings. The molecule has 7 heteroatoms. The van der Waals surface area contributed by atoms with Crippen molar-refractivity contribution in [3.8, 4) is 5.75 Å². The Labute approximate surface area is 183 Å². The SMILES string of the molecule is CN(C)C(=O)CCc1cccc(NCC(=O)Nc2ccc(OCC3CCCO3)cc2)c1. The molecule has 2 aromatic carbocycles. The number of amides is 2. The standard InChI is InChI=1S/C24H31N3O4/c1-27(2)24(29)13-8-18-5-3-6-20(15-18)25-16-23(28)26-19-9-11-21(12-10-19)31-17-22-7-4-14-30-22/h3,5-6,9-12,15,22,25H,4,7-8,13-14,16-17H2,1-2H3,(H,26,28). The Morgan fingerprint density at radius 1 is 1.13 bits per heavy atom. The van der Waals surface area contributed by atoms with Crippen LogP contribution in [0, 0.1) is 0 Å². The highest BCUT2D eigenvalue weighted by Gasteiger charge is 2.16. The minimum Gasteiger partial charge on any atom is -0.491 e. The second kappa shape index (κ2) is 11.4. The molecule has 1 atom stereocenters. The second-order valence-corrected chi connectivity index (χ2v) is 7.86. The number of nitrogens with zero attached hydrogens (tertiary/aromatic N) is 1. The van der Waals surface area contributed by atoms with Gasteiger partial charge in [0.15, 0.2) is 0 Å². The van der Waals surface area contributed by atoms with Gasteiger partial charge < -0.3 is 25.0 Å². The van der Waals surface area contributed by atoms with Crippen molar-refractivity contribution in [2.24, 2.45) is 0 Å². The normalized spacial score (nSPS) is 15.4. The summed E-state index contributed by atoms with van der Waals surface area (Å²) in [6, 6.07) is 15.1. The number of nitrogens with one attached hydrogen (secondary N) is 2. The highest BCUT2D eigenvalue weighted by molar-refractivity contribution is 5.93. The van der Waals surface area contributed by atoms with E-state index in [1.165, 1.54) is 0 Å².